The van der Waals surface area contributed by atoms with Gasteiger partial charge in [0.1, 0.15) is 5.75 Å². The van der Waals surface area contributed by atoms with Gasteiger partial charge < -0.3 is 14.8 Å². The molecule has 3 aromatic rings. The molecule has 3 aromatic carbocycles. The number of para-hydroxylation sites is 1. The lowest BCUT2D eigenvalue weighted by Gasteiger charge is -2.14. The van der Waals surface area contributed by atoms with Gasteiger partial charge in [-0.2, -0.15) is 0 Å². The first-order valence-corrected chi connectivity index (χ1v) is 9.78. The molecule has 0 fully saturated rings. The summed E-state index contributed by atoms with van der Waals surface area (Å²) in [5, 5.41) is 3.13. The summed E-state index contributed by atoms with van der Waals surface area (Å²) in [5.41, 5.74) is 3.54. The normalized spacial score (nSPS) is 10.4. The number of halogens is 1. The third kappa shape index (κ3) is 5.39. The minimum atomic E-state index is -0.535. The van der Waals surface area contributed by atoms with E-state index in [0.717, 1.165) is 16.7 Å². The summed E-state index contributed by atoms with van der Waals surface area (Å²) in [6, 6.07) is 17.9. The van der Waals surface area contributed by atoms with Crippen molar-refractivity contribution >= 4 is 29.2 Å². The molecule has 30 heavy (non-hydrogen) atoms. The van der Waals surface area contributed by atoms with Crippen LogP contribution in [0, 0.1) is 20.8 Å². The SMILES string of the molecule is Cc1cc(C)c(C(=O)OCC(=O)Nc2cc(Cl)ccc2Oc2ccccc2)c(C)c1. The molecule has 1 N–H and O–H groups in total. The second-order valence-corrected chi connectivity index (χ2v) is 7.39. The van der Waals surface area contributed by atoms with Gasteiger partial charge in [-0.15, -0.1) is 0 Å². The van der Waals surface area contributed by atoms with Crippen molar-refractivity contribution in [1.82, 2.24) is 0 Å². The van der Waals surface area contributed by atoms with Crippen LogP contribution in [0.15, 0.2) is 60.7 Å². The van der Waals surface area contributed by atoms with Crippen LogP contribution in [-0.4, -0.2) is 18.5 Å². The number of anilines is 1. The van der Waals surface area contributed by atoms with Gasteiger partial charge in [0.25, 0.3) is 5.91 Å². The van der Waals surface area contributed by atoms with Crippen molar-refractivity contribution in [3.8, 4) is 11.5 Å². The van der Waals surface area contributed by atoms with Crippen molar-refractivity contribution in [2.45, 2.75) is 20.8 Å². The molecule has 6 heteroatoms. The van der Waals surface area contributed by atoms with E-state index in [1.165, 1.54) is 0 Å². The number of carbonyl (C=O) groups is 2. The first-order chi connectivity index (χ1) is 14.3. The molecule has 0 bridgehead atoms. The molecule has 0 aliphatic rings. The summed E-state index contributed by atoms with van der Waals surface area (Å²) in [6.45, 7) is 5.22. The summed E-state index contributed by atoms with van der Waals surface area (Å²) in [7, 11) is 0. The first-order valence-electron chi connectivity index (χ1n) is 9.41. The number of rotatable bonds is 6. The highest BCUT2D eigenvalue weighted by atomic mass is 35.5. The maximum Gasteiger partial charge on any atom is 0.339 e. The predicted octanol–water partition coefficient (Wildman–Crippen LogP) is 5.85. The Labute approximate surface area is 180 Å². The number of carbonyl (C=O) groups excluding carboxylic acids is 2. The van der Waals surface area contributed by atoms with E-state index in [1.54, 1.807) is 30.3 Å². The molecule has 0 aliphatic heterocycles. The molecular weight excluding hydrogens is 402 g/mol. The van der Waals surface area contributed by atoms with Crippen LogP contribution in [0.5, 0.6) is 11.5 Å². The van der Waals surface area contributed by atoms with Crippen LogP contribution in [-0.2, 0) is 9.53 Å². The standard InChI is InChI=1S/C24H22ClNO4/c1-15-11-16(2)23(17(3)12-15)24(28)29-14-22(27)26-20-13-18(25)9-10-21(20)30-19-7-5-4-6-8-19/h4-13H,14H2,1-3H3,(H,26,27). The number of ether oxygens (including phenoxy) is 2. The van der Waals surface area contributed by atoms with Gasteiger partial charge in [0.05, 0.1) is 11.3 Å². The maximum absolute atomic E-state index is 12.5. The average molecular weight is 424 g/mol. The number of esters is 1. The highest BCUT2D eigenvalue weighted by Crippen LogP contribution is 2.32. The Morgan fingerprint density at radius 2 is 1.60 bits per heavy atom. The van der Waals surface area contributed by atoms with Gasteiger partial charge >= 0.3 is 5.97 Å². The van der Waals surface area contributed by atoms with Gasteiger partial charge in [0.2, 0.25) is 0 Å². The lowest BCUT2D eigenvalue weighted by molar-refractivity contribution is -0.119. The summed E-state index contributed by atoms with van der Waals surface area (Å²) in [4.78, 5) is 24.9. The highest BCUT2D eigenvalue weighted by Gasteiger charge is 2.17. The van der Waals surface area contributed by atoms with E-state index in [4.69, 9.17) is 21.1 Å². The van der Waals surface area contributed by atoms with Gasteiger partial charge in [-0.1, -0.05) is 47.5 Å². The molecule has 154 valence electrons. The van der Waals surface area contributed by atoms with E-state index in [9.17, 15) is 9.59 Å². The third-order valence-corrected chi connectivity index (χ3v) is 4.64. The first kappa shape index (κ1) is 21.4. The maximum atomic E-state index is 12.5. The topological polar surface area (TPSA) is 64.6 Å². The van der Waals surface area contributed by atoms with Crippen LogP contribution >= 0.6 is 11.6 Å². The molecule has 0 saturated heterocycles. The second-order valence-electron chi connectivity index (χ2n) is 6.95. The summed E-state index contributed by atoms with van der Waals surface area (Å²) in [6.07, 6.45) is 0. The van der Waals surface area contributed by atoms with E-state index in [-0.39, 0.29) is 0 Å². The number of hydrogen-bond acceptors (Lipinski definition) is 4. The second kappa shape index (κ2) is 9.46. The highest BCUT2D eigenvalue weighted by molar-refractivity contribution is 6.31. The van der Waals surface area contributed by atoms with E-state index in [0.29, 0.717) is 27.8 Å². The smallest absolute Gasteiger partial charge is 0.339 e. The van der Waals surface area contributed by atoms with Crippen molar-refractivity contribution in [1.29, 1.82) is 0 Å². The van der Waals surface area contributed by atoms with Crippen molar-refractivity contribution in [3.05, 3.63) is 87.9 Å². The summed E-state index contributed by atoms with van der Waals surface area (Å²) in [5.74, 6) is 0.0144. The van der Waals surface area contributed by atoms with Gasteiger partial charge in [0, 0.05) is 5.02 Å². The quantitative estimate of drug-likeness (QED) is 0.505. The molecular formula is C24H22ClNO4. The zero-order chi connectivity index (χ0) is 21.7. The fraction of sp³-hybridized carbons (Fsp3) is 0.167. The molecule has 0 spiro atoms. The Morgan fingerprint density at radius 3 is 2.27 bits per heavy atom. The number of nitrogens with one attached hydrogen (secondary N) is 1. The Kier molecular flexibility index (Phi) is 6.75. The van der Waals surface area contributed by atoms with Crippen molar-refractivity contribution in [3.63, 3.8) is 0 Å². The summed E-state index contributed by atoms with van der Waals surface area (Å²) >= 11 is 6.07. The Balaban J connectivity index is 1.68. The minimum absolute atomic E-state index is 0.384. The molecule has 0 radical (unpaired) electrons. The number of amides is 1. The van der Waals surface area contributed by atoms with Crippen LogP contribution in [0.25, 0.3) is 0 Å². The van der Waals surface area contributed by atoms with Crippen LogP contribution in [0.4, 0.5) is 5.69 Å². The lowest BCUT2D eigenvalue weighted by Crippen LogP contribution is -2.22. The monoisotopic (exact) mass is 423 g/mol. The van der Waals surface area contributed by atoms with Crippen molar-refractivity contribution < 1.29 is 19.1 Å². The molecule has 0 heterocycles. The molecule has 1 amide bonds. The zero-order valence-electron chi connectivity index (χ0n) is 17.0. The van der Waals surface area contributed by atoms with Gasteiger partial charge in [-0.05, 0) is 62.2 Å². The van der Waals surface area contributed by atoms with E-state index < -0.39 is 18.5 Å². The van der Waals surface area contributed by atoms with Crippen molar-refractivity contribution in [2.24, 2.45) is 0 Å². The van der Waals surface area contributed by atoms with E-state index >= 15 is 0 Å². The van der Waals surface area contributed by atoms with Gasteiger partial charge in [0.15, 0.2) is 12.4 Å². The largest absolute Gasteiger partial charge is 0.455 e. The molecule has 0 atom stereocenters. The molecule has 0 unspecified atom stereocenters. The van der Waals surface area contributed by atoms with Crippen LogP contribution < -0.4 is 10.1 Å². The Morgan fingerprint density at radius 1 is 0.933 bits per heavy atom. The molecule has 0 aromatic heterocycles. The van der Waals surface area contributed by atoms with Crippen LogP contribution in [0.3, 0.4) is 0 Å². The molecule has 0 saturated carbocycles. The number of benzene rings is 3. The van der Waals surface area contributed by atoms with E-state index in [1.807, 2.05) is 51.1 Å². The summed E-state index contributed by atoms with van der Waals surface area (Å²) < 4.78 is 11.0. The van der Waals surface area contributed by atoms with Gasteiger partial charge in [-0.25, -0.2) is 4.79 Å². The van der Waals surface area contributed by atoms with Crippen LogP contribution in [0.2, 0.25) is 5.02 Å². The fourth-order valence-corrected chi connectivity index (χ4v) is 3.37. The van der Waals surface area contributed by atoms with Crippen LogP contribution in [0.1, 0.15) is 27.0 Å². The lowest BCUT2D eigenvalue weighted by atomic mass is 10.00. The fourth-order valence-electron chi connectivity index (χ4n) is 3.20. The van der Waals surface area contributed by atoms with Crippen molar-refractivity contribution in [2.75, 3.05) is 11.9 Å². The predicted molar refractivity (Wildman–Crippen MR) is 118 cm³/mol. The number of hydrogen-bond donors (Lipinski definition) is 1. The zero-order valence-corrected chi connectivity index (χ0v) is 17.7. The average Bonchev–Trinajstić information content (AvgIpc) is 2.68. The minimum Gasteiger partial charge on any atom is -0.455 e. The third-order valence-electron chi connectivity index (χ3n) is 4.40. The molecule has 0 aliphatic carbocycles. The van der Waals surface area contributed by atoms with E-state index in [2.05, 4.69) is 5.32 Å². The van der Waals surface area contributed by atoms with Gasteiger partial charge in [-0.3, -0.25) is 4.79 Å². The molecule has 3 rings (SSSR count). The number of aryl methyl sites for hydroxylation is 3. The Bertz CT molecular complexity index is 1060. The molecule has 5 nitrogen and oxygen atoms in total. The Hall–Kier alpha value is -3.31.